The van der Waals surface area contributed by atoms with Crippen LogP contribution < -0.4 is 9.64 Å². The van der Waals surface area contributed by atoms with E-state index in [4.69, 9.17) is 4.74 Å². The van der Waals surface area contributed by atoms with E-state index in [1.165, 1.54) is 12.8 Å². The molecular weight excluding hydrogens is 240 g/mol. The number of benzene rings is 1. The van der Waals surface area contributed by atoms with Crippen LogP contribution in [0.2, 0.25) is 0 Å². The number of ether oxygens (including phenoxy) is 1. The number of hydrogen-bond acceptors (Lipinski definition) is 2. The lowest BCUT2D eigenvalue weighted by Gasteiger charge is -2.27. The van der Waals surface area contributed by atoms with Gasteiger partial charge in [-0.05, 0) is 25.0 Å². The van der Waals surface area contributed by atoms with Crippen LogP contribution in [0.4, 0.5) is 10.5 Å². The van der Waals surface area contributed by atoms with Crippen molar-refractivity contribution in [3.8, 4) is 5.75 Å². The Hall–Kier alpha value is -1.71. The van der Waals surface area contributed by atoms with Gasteiger partial charge >= 0.3 is 6.03 Å². The SMILES string of the molecule is COc1cccc(N(C)C(=O)N2CCCCCC2)c1. The Bertz CT molecular complexity index is 426. The van der Waals surface area contributed by atoms with E-state index < -0.39 is 0 Å². The summed E-state index contributed by atoms with van der Waals surface area (Å²) in [5.74, 6) is 0.771. The monoisotopic (exact) mass is 262 g/mol. The molecule has 1 aromatic rings. The highest BCUT2D eigenvalue weighted by atomic mass is 16.5. The minimum Gasteiger partial charge on any atom is -0.497 e. The molecule has 1 saturated heterocycles. The second-order valence-corrected chi connectivity index (χ2v) is 4.94. The summed E-state index contributed by atoms with van der Waals surface area (Å²) in [5, 5.41) is 0. The standard InChI is InChI=1S/C15H22N2O2/c1-16(13-8-7-9-14(12-13)19-2)15(18)17-10-5-3-4-6-11-17/h7-9,12H,3-6,10-11H2,1-2H3. The predicted octanol–water partition coefficient (Wildman–Crippen LogP) is 3.13. The summed E-state index contributed by atoms with van der Waals surface area (Å²) in [7, 11) is 3.46. The van der Waals surface area contributed by atoms with Gasteiger partial charge in [-0.25, -0.2) is 4.79 Å². The number of likely N-dealkylation sites (tertiary alicyclic amines) is 1. The van der Waals surface area contributed by atoms with Gasteiger partial charge in [0.05, 0.1) is 7.11 Å². The Kier molecular flexibility index (Phi) is 4.66. The van der Waals surface area contributed by atoms with Crippen molar-refractivity contribution in [2.24, 2.45) is 0 Å². The van der Waals surface area contributed by atoms with Crippen LogP contribution in [0.15, 0.2) is 24.3 Å². The zero-order valence-electron chi connectivity index (χ0n) is 11.8. The average Bonchev–Trinajstić information content (AvgIpc) is 2.75. The number of nitrogens with zero attached hydrogens (tertiary/aromatic N) is 2. The van der Waals surface area contributed by atoms with E-state index in [0.29, 0.717) is 0 Å². The van der Waals surface area contributed by atoms with Gasteiger partial charge in [0, 0.05) is 31.9 Å². The predicted molar refractivity (Wildman–Crippen MR) is 76.8 cm³/mol. The molecule has 0 bridgehead atoms. The number of urea groups is 1. The zero-order chi connectivity index (χ0) is 13.7. The van der Waals surface area contributed by atoms with Gasteiger partial charge in [-0.2, -0.15) is 0 Å². The summed E-state index contributed by atoms with van der Waals surface area (Å²) >= 11 is 0. The van der Waals surface area contributed by atoms with Gasteiger partial charge in [-0.1, -0.05) is 18.9 Å². The maximum Gasteiger partial charge on any atom is 0.324 e. The van der Waals surface area contributed by atoms with E-state index in [1.54, 1.807) is 12.0 Å². The van der Waals surface area contributed by atoms with Gasteiger partial charge in [0.2, 0.25) is 0 Å². The van der Waals surface area contributed by atoms with E-state index in [1.807, 2.05) is 36.2 Å². The summed E-state index contributed by atoms with van der Waals surface area (Å²) < 4.78 is 5.20. The van der Waals surface area contributed by atoms with Crippen molar-refractivity contribution in [2.75, 3.05) is 32.1 Å². The lowest BCUT2D eigenvalue weighted by molar-refractivity contribution is 0.208. The minimum atomic E-state index is 0.0788. The van der Waals surface area contributed by atoms with Crippen molar-refractivity contribution in [2.45, 2.75) is 25.7 Å². The van der Waals surface area contributed by atoms with E-state index in [-0.39, 0.29) is 6.03 Å². The number of carbonyl (C=O) groups is 1. The summed E-state index contributed by atoms with van der Waals surface area (Å²) in [6.45, 7) is 1.74. The van der Waals surface area contributed by atoms with E-state index in [9.17, 15) is 4.79 Å². The number of methoxy groups -OCH3 is 1. The highest BCUT2D eigenvalue weighted by Crippen LogP contribution is 2.21. The van der Waals surface area contributed by atoms with Crippen molar-refractivity contribution in [3.05, 3.63) is 24.3 Å². The Balaban J connectivity index is 2.08. The van der Waals surface area contributed by atoms with Crippen molar-refractivity contribution >= 4 is 11.7 Å². The van der Waals surface area contributed by atoms with Crippen molar-refractivity contribution in [1.82, 2.24) is 4.90 Å². The van der Waals surface area contributed by atoms with Crippen LogP contribution in [-0.4, -0.2) is 38.2 Å². The third-order valence-electron chi connectivity index (χ3n) is 3.60. The van der Waals surface area contributed by atoms with Gasteiger partial charge in [0.15, 0.2) is 0 Å². The molecule has 1 aliphatic heterocycles. The fourth-order valence-corrected chi connectivity index (χ4v) is 2.40. The van der Waals surface area contributed by atoms with Crippen LogP contribution >= 0.6 is 0 Å². The van der Waals surface area contributed by atoms with Crippen LogP contribution in [0.25, 0.3) is 0 Å². The van der Waals surface area contributed by atoms with E-state index >= 15 is 0 Å². The quantitative estimate of drug-likeness (QED) is 0.820. The third-order valence-corrected chi connectivity index (χ3v) is 3.60. The van der Waals surface area contributed by atoms with Crippen LogP contribution in [0.1, 0.15) is 25.7 Å². The molecule has 0 atom stereocenters. The molecule has 1 aromatic carbocycles. The van der Waals surface area contributed by atoms with Gasteiger partial charge < -0.3 is 9.64 Å². The van der Waals surface area contributed by atoms with Crippen molar-refractivity contribution < 1.29 is 9.53 Å². The fourth-order valence-electron chi connectivity index (χ4n) is 2.40. The van der Waals surface area contributed by atoms with Crippen molar-refractivity contribution in [1.29, 1.82) is 0 Å². The molecule has 19 heavy (non-hydrogen) atoms. The molecule has 0 radical (unpaired) electrons. The maximum absolute atomic E-state index is 12.5. The van der Waals surface area contributed by atoms with Crippen LogP contribution in [0, 0.1) is 0 Å². The minimum absolute atomic E-state index is 0.0788. The Morgan fingerprint density at radius 1 is 1.21 bits per heavy atom. The van der Waals surface area contributed by atoms with Gasteiger partial charge in [-0.15, -0.1) is 0 Å². The van der Waals surface area contributed by atoms with E-state index in [0.717, 1.165) is 37.4 Å². The highest BCUT2D eigenvalue weighted by Gasteiger charge is 2.20. The molecule has 1 heterocycles. The summed E-state index contributed by atoms with van der Waals surface area (Å²) in [6.07, 6.45) is 4.68. The van der Waals surface area contributed by atoms with Crippen LogP contribution in [0.3, 0.4) is 0 Å². The highest BCUT2D eigenvalue weighted by molar-refractivity contribution is 5.91. The summed E-state index contributed by atoms with van der Waals surface area (Å²) in [6, 6.07) is 7.68. The summed E-state index contributed by atoms with van der Waals surface area (Å²) in [4.78, 5) is 16.1. The number of hydrogen-bond donors (Lipinski definition) is 0. The van der Waals surface area contributed by atoms with Crippen molar-refractivity contribution in [3.63, 3.8) is 0 Å². The first-order valence-electron chi connectivity index (χ1n) is 6.89. The molecule has 0 N–H and O–H groups in total. The second kappa shape index (κ2) is 6.45. The number of anilines is 1. The topological polar surface area (TPSA) is 32.8 Å². The molecule has 1 fully saturated rings. The lowest BCUT2D eigenvalue weighted by Crippen LogP contribution is -2.41. The Morgan fingerprint density at radius 2 is 1.89 bits per heavy atom. The van der Waals surface area contributed by atoms with Gasteiger partial charge in [0.1, 0.15) is 5.75 Å². The molecular formula is C15H22N2O2. The lowest BCUT2D eigenvalue weighted by atomic mass is 10.2. The van der Waals surface area contributed by atoms with E-state index in [2.05, 4.69) is 0 Å². The van der Waals surface area contributed by atoms with Crippen LogP contribution in [0.5, 0.6) is 5.75 Å². The molecule has 2 amide bonds. The molecule has 0 spiro atoms. The first-order chi connectivity index (χ1) is 9.22. The normalized spacial score (nSPS) is 15.8. The first kappa shape index (κ1) is 13.7. The number of rotatable bonds is 2. The molecule has 4 nitrogen and oxygen atoms in total. The molecule has 0 aromatic heterocycles. The molecule has 104 valence electrons. The molecule has 0 unspecified atom stereocenters. The number of amides is 2. The number of carbonyl (C=O) groups excluding carboxylic acids is 1. The second-order valence-electron chi connectivity index (χ2n) is 4.94. The molecule has 1 aliphatic rings. The fraction of sp³-hybridized carbons (Fsp3) is 0.533. The first-order valence-corrected chi connectivity index (χ1v) is 6.89. The molecule has 0 saturated carbocycles. The molecule has 0 aliphatic carbocycles. The smallest absolute Gasteiger partial charge is 0.324 e. The maximum atomic E-state index is 12.5. The molecule has 4 heteroatoms. The largest absolute Gasteiger partial charge is 0.497 e. The Morgan fingerprint density at radius 3 is 2.53 bits per heavy atom. The van der Waals surface area contributed by atoms with Gasteiger partial charge in [0.25, 0.3) is 0 Å². The Labute approximate surface area is 115 Å². The molecule has 2 rings (SSSR count). The third kappa shape index (κ3) is 3.40. The summed E-state index contributed by atoms with van der Waals surface area (Å²) in [5.41, 5.74) is 0.869. The van der Waals surface area contributed by atoms with Gasteiger partial charge in [-0.3, -0.25) is 4.90 Å². The van der Waals surface area contributed by atoms with Crippen LogP contribution in [-0.2, 0) is 0 Å². The average molecular weight is 262 g/mol. The zero-order valence-corrected chi connectivity index (χ0v) is 11.8.